The maximum Gasteiger partial charge on any atom is 0.262 e. The first-order valence-corrected chi connectivity index (χ1v) is 14.2. The number of carbonyl (C=O) groups excluding carboxylic acids is 1. The minimum atomic E-state index is -0.377. The van der Waals surface area contributed by atoms with E-state index in [0.717, 1.165) is 38.6 Å². The summed E-state index contributed by atoms with van der Waals surface area (Å²) < 4.78 is 15.9. The Labute approximate surface area is 241 Å². The van der Waals surface area contributed by atoms with Crippen molar-refractivity contribution in [3.8, 4) is 5.69 Å². The van der Waals surface area contributed by atoms with Crippen LogP contribution in [-0.2, 0) is 4.79 Å². The Morgan fingerprint density at radius 1 is 1.07 bits per heavy atom. The summed E-state index contributed by atoms with van der Waals surface area (Å²) in [5.41, 5.74) is 4.42. The third-order valence-electron chi connectivity index (χ3n) is 6.63. The third-order valence-corrected chi connectivity index (χ3v) is 8.01. The summed E-state index contributed by atoms with van der Waals surface area (Å²) in [5.74, 6) is -0.575. The molecule has 3 heterocycles. The smallest absolute Gasteiger partial charge is 0.262 e. The highest BCUT2D eigenvalue weighted by Gasteiger charge is 2.33. The highest BCUT2D eigenvalue weighted by Crippen LogP contribution is 2.34. The molecule has 0 spiro atoms. The summed E-state index contributed by atoms with van der Waals surface area (Å²) in [6.07, 6.45) is 2.00. The summed E-state index contributed by atoms with van der Waals surface area (Å²) in [6.45, 7) is 2.02. The average Bonchev–Trinajstić information content (AvgIpc) is 3.59. The molecule has 1 N–H and O–H groups in total. The van der Waals surface area contributed by atoms with Crippen LogP contribution in [0, 0.1) is 12.7 Å². The molecule has 3 aromatic carbocycles. The van der Waals surface area contributed by atoms with Crippen molar-refractivity contribution in [2.24, 2.45) is 5.10 Å². The zero-order chi connectivity index (χ0) is 27.8. The van der Waals surface area contributed by atoms with Gasteiger partial charge in [0.1, 0.15) is 11.2 Å². The molecular weight excluding hydrogens is 595 g/mol. The number of aryl methyl sites for hydroxylation is 1. The molecule has 0 bridgehead atoms. The zero-order valence-electron chi connectivity index (χ0n) is 21.2. The van der Waals surface area contributed by atoms with E-state index in [-0.39, 0.29) is 34.2 Å². The largest absolute Gasteiger partial charge is 0.301 e. The number of amides is 1. The predicted molar refractivity (Wildman–Crippen MR) is 156 cm³/mol. The molecule has 40 heavy (non-hydrogen) atoms. The molecule has 6 rings (SSSR count). The van der Waals surface area contributed by atoms with Crippen LogP contribution in [-0.4, -0.2) is 42.1 Å². The molecule has 1 aliphatic rings. The second-order valence-corrected chi connectivity index (χ2v) is 11.2. The summed E-state index contributed by atoms with van der Waals surface area (Å²) in [4.78, 5) is 33.6. The Balaban J connectivity index is 1.27. The lowest BCUT2D eigenvalue weighted by Gasteiger charge is -2.22. The molecule has 2 aromatic heterocycles. The molecule has 0 saturated carbocycles. The summed E-state index contributed by atoms with van der Waals surface area (Å²) in [7, 11) is 0. The lowest BCUT2D eigenvalue weighted by Crippen LogP contribution is -2.28. The molecule has 1 aliphatic heterocycles. The van der Waals surface area contributed by atoms with Crippen LogP contribution in [0.15, 0.2) is 98.5 Å². The van der Waals surface area contributed by atoms with E-state index in [1.165, 1.54) is 28.0 Å². The number of carbonyl (C=O) groups is 1. The van der Waals surface area contributed by atoms with E-state index < -0.39 is 0 Å². The zero-order valence-corrected chi connectivity index (χ0v) is 23.6. The van der Waals surface area contributed by atoms with Crippen LogP contribution in [0.3, 0.4) is 0 Å². The number of halogens is 2. The number of hydrazone groups is 1. The second-order valence-electron chi connectivity index (χ2n) is 9.35. The molecular formula is C29H22BrFN6O2S. The number of aromatic nitrogens is 4. The van der Waals surface area contributed by atoms with Crippen molar-refractivity contribution in [1.29, 1.82) is 0 Å². The normalized spacial score (nSPS) is 15.0. The van der Waals surface area contributed by atoms with Gasteiger partial charge in [0.25, 0.3) is 11.5 Å². The van der Waals surface area contributed by atoms with Gasteiger partial charge >= 0.3 is 0 Å². The van der Waals surface area contributed by atoms with Gasteiger partial charge < -0.3 is 4.98 Å². The highest BCUT2D eigenvalue weighted by atomic mass is 79.9. The van der Waals surface area contributed by atoms with Gasteiger partial charge in [-0.15, -0.1) is 0 Å². The van der Waals surface area contributed by atoms with Crippen molar-refractivity contribution < 1.29 is 9.18 Å². The van der Waals surface area contributed by atoms with E-state index in [9.17, 15) is 14.0 Å². The number of H-pyrrole nitrogens is 1. The Bertz CT molecular complexity index is 1800. The minimum Gasteiger partial charge on any atom is -0.301 e. The maximum atomic E-state index is 13.5. The number of thioether (sulfide) groups is 1. The van der Waals surface area contributed by atoms with Gasteiger partial charge in [-0.25, -0.2) is 19.1 Å². The topological polar surface area (TPSA) is 96.2 Å². The minimum absolute atomic E-state index is 0.0125. The molecule has 0 saturated heterocycles. The third kappa shape index (κ3) is 5.22. The number of hydrogen-bond acceptors (Lipinski definition) is 6. The molecule has 200 valence electrons. The fraction of sp³-hybridized carbons (Fsp3) is 0.138. The lowest BCUT2D eigenvalue weighted by molar-refractivity contribution is -0.130. The van der Waals surface area contributed by atoms with Gasteiger partial charge in [-0.05, 0) is 54.4 Å². The first-order valence-electron chi connectivity index (χ1n) is 12.4. The highest BCUT2D eigenvalue weighted by molar-refractivity contribution is 9.10. The maximum absolute atomic E-state index is 13.5. The number of fused-ring (bicyclic) bond motifs is 1. The number of nitrogens with one attached hydrogen (secondary N) is 1. The SMILES string of the molecule is Cc1ccc(C2CC(c3ccc(Br)cc3)=NN2C(=O)CSc2nc3c(cnn3-c3ccc(F)cc3)c(=O)[nH]2)cc1. The van der Waals surface area contributed by atoms with Gasteiger partial charge in [-0.2, -0.15) is 10.2 Å². The van der Waals surface area contributed by atoms with Crippen molar-refractivity contribution in [2.45, 2.75) is 24.5 Å². The Hall–Kier alpha value is -4.09. The second kappa shape index (κ2) is 10.8. The number of hydrogen-bond donors (Lipinski definition) is 1. The van der Waals surface area contributed by atoms with E-state index in [0.29, 0.717) is 23.1 Å². The number of nitrogens with zero attached hydrogens (tertiary/aromatic N) is 5. The average molecular weight is 618 g/mol. The number of aromatic amines is 1. The molecule has 1 amide bonds. The van der Waals surface area contributed by atoms with Gasteiger partial charge in [0.15, 0.2) is 10.8 Å². The van der Waals surface area contributed by atoms with Crippen molar-refractivity contribution in [2.75, 3.05) is 5.75 Å². The Morgan fingerprint density at radius 2 is 1.80 bits per heavy atom. The number of rotatable bonds is 6. The van der Waals surface area contributed by atoms with Crippen LogP contribution < -0.4 is 5.56 Å². The molecule has 0 aliphatic carbocycles. The van der Waals surface area contributed by atoms with E-state index in [2.05, 4.69) is 31.0 Å². The van der Waals surface area contributed by atoms with E-state index >= 15 is 0 Å². The lowest BCUT2D eigenvalue weighted by atomic mass is 9.98. The molecule has 1 atom stereocenters. The fourth-order valence-corrected chi connectivity index (χ4v) is 5.51. The van der Waals surface area contributed by atoms with E-state index in [1.807, 2.05) is 55.5 Å². The molecule has 0 radical (unpaired) electrons. The standard InChI is InChI=1S/C29H22BrFN6O2S/c1-17-2-4-19(5-3-17)25-14-24(18-6-8-20(30)9-7-18)35-37(25)26(38)16-40-29-33-27-23(28(39)34-29)15-32-36(27)22-12-10-21(31)11-13-22/h2-13,15,25H,14,16H2,1H3,(H,33,34,39). The van der Waals surface area contributed by atoms with Crippen molar-refractivity contribution in [3.63, 3.8) is 0 Å². The fourth-order valence-electron chi connectivity index (χ4n) is 4.54. The van der Waals surface area contributed by atoms with Gasteiger partial charge in [0, 0.05) is 10.9 Å². The molecule has 11 heteroatoms. The van der Waals surface area contributed by atoms with E-state index in [1.54, 1.807) is 12.1 Å². The van der Waals surface area contributed by atoms with Gasteiger partial charge in [0.05, 0.1) is 29.4 Å². The van der Waals surface area contributed by atoms with Gasteiger partial charge in [0.2, 0.25) is 0 Å². The van der Waals surface area contributed by atoms with Gasteiger partial charge in [-0.3, -0.25) is 9.59 Å². The number of benzene rings is 3. The summed E-state index contributed by atoms with van der Waals surface area (Å²) >= 11 is 4.58. The molecule has 8 nitrogen and oxygen atoms in total. The quantitative estimate of drug-likeness (QED) is 0.192. The Kier molecular flexibility index (Phi) is 7.07. The van der Waals surface area contributed by atoms with Crippen LogP contribution in [0.1, 0.15) is 29.2 Å². The molecule has 5 aromatic rings. The molecule has 0 fully saturated rings. The van der Waals surface area contributed by atoms with E-state index in [4.69, 9.17) is 5.10 Å². The first kappa shape index (κ1) is 26.1. The van der Waals surface area contributed by atoms with Crippen LogP contribution in [0.25, 0.3) is 16.7 Å². The van der Waals surface area contributed by atoms with Crippen molar-refractivity contribution in [1.82, 2.24) is 24.8 Å². The van der Waals surface area contributed by atoms with Crippen LogP contribution in [0.2, 0.25) is 0 Å². The predicted octanol–water partition coefficient (Wildman–Crippen LogP) is 5.79. The summed E-state index contributed by atoms with van der Waals surface area (Å²) in [5, 5.41) is 11.1. The van der Waals surface area contributed by atoms with Crippen LogP contribution in [0.4, 0.5) is 4.39 Å². The van der Waals surface area contributed by atoms with Crippen LogP contribution in [0.5, 0.6) is 0 Å². The monoisotopic (exact) mass is 616 g/mol. The first-order chi connectivity index (χ1) is 19.4. The Morgan fingerprint density at radius 3 is 2.52 bits per heavy atom. The summed E-state index contributed by atoms with van der Waals surface area (Å²) in [6, 6.07) is 21.5. The molecule has 1 unspecified atom stereocenters. The van der Waals surface area contributed by atoms with Crippen molar-refractivity contribution >= 4 is 50.3 Å². The van der Waals surface area contributed by atoms with Gasteiger partial charge in [-0.1, -0.05) is 69.7 Å². The van der Waals surface area contributed by atoms with Crippen molar-refractivity contribution in [3.05, 3.63) is 116 Å². The van der Waals surface area contributed by atoms with Crippen LogP contribution >= 0.6 is 27.7 Å².